The van der Waals surface area contributed by atoms with Crippen molar-refractivity contribution in [3.8, 4) is 17.2 Å². The number of nitrogens with zero attached hydrogens (tertiary/aromatic N) is 3. The average molecular weight is 734 g/mol. The maximum Gasteiger partial charge on any atom is 0.272 e. The Kier molecular flexibility index (Phi) is 14.6. The van der Waals surface area contributed by atoms with Crippen molar-refractivity contribution >= 4 is 29.5 Å². The zero-order valence-electron chi connectivity index (χ0n) is 31.3. The van der Waals surface area contributed by atoms with Gasteiger partial charge in [0.2, 0.25) is 23.5 Å². The third-order valence-electron chi connectivity index (χ3n) is 8.54. The van der Waals surface area contributed by atoms with Crippen molar-refractivity contribution in [1.82, 2.24) is 35.9 Å². The van der Waals surface area contributed by atoms with Gasteiger partial charge in [0.05, 0.1) is 33.1 Å². The third-order valence-corrected chi connectivity index (χ3v) is 8.54. The van der Waals surface area contributed by atoms with E-state index >= 15 is 0 Å². The molecule has 0 saturated carbocycles. The van der Waals surface area contributed by atoms with E-state index in [1.54, 1.807) is 10.7 Å². The number of hydrogen-bond acceptors (Lipinski definition) is 9. The van der Waals surface area contributed by atoms with E-state index in [1.807, 2.05) is 37.3 Å². The first kappa shape index (κ1) is 40.2. The maximum absolute atomic E-state index is 14.0. The van der Waals surface area contributed by atoms with Gasteiger partial charge in [-0.1, -0.05) is 44.2 Å². The first-order valence-corrected chi connectivity index (χ1v) is 17.9. The SMILES string of the molecule is CCn1nc(CC(C)C)cc1C(=O)N1CCNC(=O)[C@@H](Cc2ccccc2)NC(=O)[C@H](C)NC(=O)c2cc(OC)c(c(OC)c2)OCCCNC(=O)C1. The molecule has 3 heterocycles. The van der Waals surface area contributed by atoms with Crippen molar-refractivity contribution in [2.45, 2.75) is 65.6 Å². The van der Waals surface area contributed by atoms with Crippen LogP contribution in [0.25, 0.3) is 0 Å². The molecule has 15 nitrogen and oxygen atoms in total. The van der Waals surface area contributed by atoms with Crippen molar-refractivity contribution in [3.63, 3.8) is 0 Å². The Morgan fingerprint density at radius 3 is 2.30 bits per heavy atom. The molecule has 15 heteroatoms. The lowest BCUT2D eigenvalue weighted by Crippen LogP contribution is -2.54. The van der Waals surface area contributed by atoms with Crippen molar-refractivity contribution in [3.05, 3.63) is 71.0 Å². The molecule has 2 atom stereocenters. The number of hydrogen-bond donors (Lipinski definition) is 4. The molecule has 5 amide bonds. The quantitative estimate of drug-likeness (QED) is 0.252. The monoisotopic (exact) mass is 733 g/mol. The van der Waals surface area contributed by atoms with E-state index in [0.717, 1.165) is 11.3 Å². The predicted octanol–water partition coefficient (Wildman–Crippen LogP) is 2.12. The van der Waals surface area contributed by atoms with Crippen LogP contribution in [0.4, 0.5) is 0 Å². The smallest absolute Gasteiger partial charge is 0.272 e. The second kappa shape index (κ2) is 19.3. The van der Waals surface area contributed by atoms with Crippen LogP contribution in [0.15, 0.2) is 48.5 Å². The standard InChI is InChI=1S/C38H51N7O8/c1-7-45-30(22-28(43-45)18-24(2)3)38(50)44-16-15-40-37(49)29(19-26-12-9-8-10-13-26)42-35(47)25(4)41-36(48)27-20-31(51-5)34(32(21-27)52-6)53-17-11-14-39-33(46)23-44/h8-10,12-13,20-22,24-25,29H,7,11,14-19,23H2,1-6H3,(H,39,46)(H,40,49)(H,41,48)(H,42,47)/t25-,29+/m0/s1. The Labute approximate surface area is 310 Å². The second-order valence-corrected chi connectivity index (χ2v) is 13.2. The first-order chi connectivity index (χ1) is 25.4. The predicted molar refractivity (Wildman–Crippen MR) is 197 cm³/mol. The van der Waals surface area contributed by atoms with E-state index in [4.69, 9.17) is 14.2 Å². The van der Waals surface area contributed by atoms with Crippen LogP contribution in [0.3, 0.4) is 0 Å². The van der Waals surface area contributed by atoms with Gasteiger partial charge in [0.15, 0.2) is 11.5 Å². The number of methoxy groups -OCH3 is 2. The molecule has 5 rings (SSSR count). The summed E-state index contributed by atoms with van der Waals surface area (Å²) in [5.74, 6) is -1.41. The lowest BCUT2D eigenvalue weighted by molar-refractivity contribution is -0.129. The van der Waals surface area contributed by atoms with Crippen LogP contribution in [0.1, 0.15) is 66.2 Å². The number of aryl methyl sites for hydroxylation is 1. The molecule has 0 saturated heterocycles. The number of carbonyl (C=O) groups excluding carboxylic acids is 5. The van der Waals surface area contributed by atoms with Crippen LogP contribution >= 0.6 is 0 Å². The fourth-order valence-electron chi connectivity index (χ4n) is 5.81. The number of rotatable bonds is 8. The Hall–Kier alpha value is -5.60. The van der Waals surface area contributed by atoms with E-state index in [1.165, 1.54) is 38.2 Å². The lowest BCUT2D eigenvalue weighted by atomic mass is 10.0. The highest BCUT2D eigenvalue weighted by Crippen LogP contribution is 2.38. The van der Waals surface area contributed by atoms with Crippen LogP contribution in [-0.2, 0) is 33.8 Å². The van der Waals surface area contributed by atoms with Crippen LogP contribution in [0, 0.1) is 5.92 Å². The maximum atomic E-state index is 14.0. The summed E-state index contributed by atoms with van der Waals surface area (Å²) >= 11 is 0. The van der Waals surface area contributed by atoms with Gasteiger partial charge in [-0.3, -0.25) is 28.7 Å². The Morgan fingerprint density at radius 1 is 0.962 bits per heavy atom. The van der Waals surface area contributed by atoms with Crippen LogP contribution in [0.5, 0.6) is 17.2 Å². The number of amides is 5. The first-order valence-electron chi connectivity index (χ1n) is 17.9. The summed E-state index contributed by atoms with van der Waals surface area (Å²) in [6.07, 6.45) is 1.25. The molecule has 0 aliphatic carbocycles. The number of ether oxygens (including phenoxy) is 3. The number of carbonyl (C=O) groups is 5. The highest BCUT2D eigenvalue weighted by atomic mass is 16.5. The molecule has 53 heavy (non-hydrogen) atoms. The van der Waals surface area contributed by atoms with Crippen LogP contribution in [0.2, 0.25) is 0 Å². The number of aromatic nitrogens is 2. The fourth-order valence-corrected chi connectivity index (χ4v) is 5.81. The molecular weight excluding hydrogens is 682 g/mol. The molecule has 2 aromatic carbocycles. The molecule has 3 aromatic rings. The Bertz CT molecular complexity index is 1720. The summed E-state index contributed by atoms with van der Waals surface area (Å²) in [6, 6.07) is 11.8. The largest absolute Gasteiger partial charge is 0.493 e. The number of nitrogens with one attached hydrogen (secondary N) is 4. The highest BCUT2D eigenvalue weighted by molar-refractivity contribution is 5.99. The van der Waals surface area contributed by atoms with Gasteiger partial charge in [-0.05, 0) is 56.4 Å². The minimum Gasteiger partial charge on any atom is -0.493 e. The van der Waals surface area contributed by atoms with E-state index in [2.05, 4.69) is 40.2 Å². The zero-order valence-corrected chi connectivity index (χ0v) is 31.3. The van der Waals surface area contributed by atoms with Gasteiger partial charge >= 0.3 is 0 Å². The molecule has 2 bridgehead atoms. The van der Waals surface area contributed by atoms with Gasteiger partial charge in [-0.2, -0.15) is 5.10 Å². The van der Waals surface area contributed by atoms with Gasteiger partial charge in [0.25, 0.3) is 11.8 Å². The third kappa shape index (κ3) is 11.2. The molecule has 1 aromatic heterocycles. The average Bonchev–Trinajstić information content (AvgIpc) is 3.55. The summed E-state index contributed by atoms with van der Waals surface area (Å²) in [5, 5.41) is 15.7. The summed E-state index contributed by atoms with van der Waals surface area (Å²) in [5.41, 5.74) is 2.08. The fraction of sp³-hybridized carbons (Fsp3) is 0.474. The van der Waals surface area contributed by atoms with E-state index in [-0.39, 0.29) is 62.0 Å². The lowest BCUT2D eigenvalue weighted by Gasteiger charge is -2.25. The van der Waals surface area contributed by atoms with Gasteiger partial charge in [-0.15, -0.1) is 0 Å². The molecule has 0 spiro atoms. The van der Waals surface area contributed by atoms with E-state index in [0.29, 0.717) is 31.0 Å². The molecule has 286 valence electrons. The Morgan fingerprint density at radius 2 is 1.66 bits per heavy atom. The second-order valence-electron chi connectivity index (χ2n) is 13.2. The molecule has 4 N–H and O–H groups in total. The molecule has 2 aliphatic rings. The highest BCUT2D eigenvalue weighted by Gasteiger charge is 2.28. The number of benzene rings is 2. The van der Waals surface area contributed by atoms with Crippen LogP contribution in [-0.4, -0.2) is 103 Å². The van der Waals surface area contributed by atoms with Crippen molar-refractivity contribution in [1.29, 1.82) is 0 Å². The zero-order chi connectivity index (χ0) is 38.5. The van der Waals surface area contributed by atoms with Gasteiger partial charge in [0, 0.05) is 38.2 Å². The van der Waals surface area contributed by atoms with Gasteiger partial charge in [-0.25, -0.2) is 0 Å². The minimum atomic E-state index is -1.03. The summed E-state index contributed by atoms with van der Waals surface area (Å²) in [4.78, 5) is 69.0. The van der Waals surface area contributed by atoms with Crippen LogP contribution < -0.4 is 35.5 Å². The number of fused-ring (bicyclic) bond motifs is 19. The summed E-state index contributed by atoms with van der Waals surface area (Å²) in [7, 11) is 2.85. The molecule has 0 fully saturated rings. The van der Waals surface area contributed by atoms with E-state index in [9.17, 15) is 24.0 Å². The molecule has 2 aliphatic heterocycles. The van der Waals surface area contributed by atoms with Crippen molar-refractivity contribution < 1.29 is 38.2 Å². The summed E-state index contributed by atoms with van der Waals surface area (Å²) < 4.78 is 18.6. The van der Waals surface area contributed by atoms with Gasteiger partial charge < -0.3 is 40.4 Å². The summed E-state index contributed by atoms with van der Waals surface area (Å²) in [6.45, 7) is 8.13. The van der Waals surface area contributed by atoms with Crippen molar-refractivity contribution in [2.24, 2.45) is 5.92 Å². The van der Waals surface area contributed by atoms with E-state index < -0.39 is 41.6 Å². The topological polar surface area (TPSA) is 182 Å². The van der Waals surface area contributed by atoms with Gasteiger partial charge in [0.1, 0.15) is 17.8 Å². The molecule has 0 radical (unpaired) electrons. The molecule has 0 unspecified atom stereocenters. The normalized spacial score (nSPS) is 18.1. The Balaban J connectivity index is 1.64. The molecular formula is C38H51N7O8. The van der Waals surface area contributed by atoms with Crippen molar-refractivity contribution in [2.75, 3.05) is 47.0 Å². The minimum absolute atomic E-state index is 0.00246.